The van der Waals surface area contributed by atoms with Gasteiger partial charge in [-0.05, 0) is 12.1 Å². The largest absolute Gasteiger partial charge is 0.364 e. The van der Waals surface area contributed by atoms with Gasteiger partial charge in [0, 0.05) is 6.92 Å². The Bertz CT molecular complexity index is 337. The maximum atomic E-state index is 10.9. The Kier molecular flexibility index (Phi) is 2.51. The monoisotopic (exact) mass is 160 g/mol. The zero-order valence-electron chi connectivity index (χ0n) is 6.69. The van der Waals surface area contributed by atoms with E-state index in [0.29, 0.717) is 5.56 Å². The fraction of sp³-hybridized carbons (Fsp3) is 0.111. The Morgan fingerprint density at radius 1 is 1.33 bits per heavy atom. The molecule has 0 unspecified atom stereocenters. The third-order valence-corrected chi connectivity index (χ3v) is 1.48. The van der Waals surface area contributed by atoms with Crippen LogP contribution in [0.4, 0.5) is 0 Å². The molecule has 3 heteroatoms. The molecule has 0 saturated carbocycles. The zero-order valence-corrected chi connectivity index (χ0v) is 6.69. The van der Waals surface area contributed by atoms with Crippen molar-refractivity contribution < 1.29 is 9.58 Å². The SMILES string of the molecule is CC(=O)C(=[N+]=[N-])c1ccccc1. The van der Waals surface area contributed by atoms with E-state index in [1.54, 1.807) is 24.3 Å². The van der Waals surface area contributed by atoms with E-state index in [1.807, 2.05) is 6.07 Å². The smallest absolute Gasteiger partial charge is 0.361 e. The van der Waals surface area contributed by atoms with Gasteiger partial charge in [-0.1, -0.05) is 18.2 Å². The lowest BCUT2D eigenvalue weighted by atomic mass is 10.1. The van der Waals surface area contributed by atoms with Gasteiger partial charge < -0.3 is 5.53 Å². The summed E-state index contributed by atoms with van der Waals surface area (Å²) in [7, 11) is 0. The number of nitrogens with zero attached hydrogens (tertiary/aromatic N) is 2. The fourth-order valence-electron chi connectivity index (χ4n) is 0.927. The summed E-state index contributed by atoms with van der Waals surface area (Å²) in [6.45, 7) is 1.36. The van der Waals surface area contributed by atoms with Gasteiger partial charge in [-0.3, -0.25) is 4.79 Å². The van der Waals surface area contributed by atoms with Crippen molar-refractivity contribution in [3.05, 3.63) is 41.4 Å². The first-order valence-corrected chi connectivity index (χ1v) is 3.54. The molecule has 0 saturated heterocycles. The molecule has 12 heavy (non-hydrogen) atoms. The lowest BCUT2D eigenvalue weighted by Gasteiger charge is -1.89. The first-order valence-electron chi connectivity index (χ1n) is 3.54. The molecule has 0 spiro atoms. The van der Waals surface area contributed by atoms with Crippen LogP contribution in [0.25, 0.3) is 5.53 Å². The van der Waals surface area contributed by atoms with Crippen LogP contribution in [0.2, 0.25) is 0 Å². The minimum absolute atomic E-state index is 0.0931. The summed E-state index contributed by atoms with van der Waals surface area (Å²) in [4.78, 5) is 13.8. The number of hydrogen-bond donors (Lipinski definition) is 0. The number of ketones is 1. The van der Waals surface area contributed by atoms with E-state index in [1.165, 1.54) is 6.92 Å². The van der Waals surface area contributed by atoms with E-state index in [-0.39, 0.29) is 11.5 Å². The van der Waals surface area contributed by atoms with Crippen LogP contribution in [-0.4, -0.2) is 16.3 Å². The maximum absolute atomic E-state index is 10.9. The van der Waals surface area contributed by atoms with Gasteiger partial charge in [0.05, 0.1) is 5.56 Å². The van der Waals surface area contributed by atoms with Crippen LogP contribution in [0.15, 0.2) is 30.3 Å². The van der Waals surface area contributed by atoms with Crippen molar-refractivity contribution in [1.82, 2.24) is 0 Å². The first kappa shape index (κ1) is 8.37. The Morgan fingerprint density at radius 3 is 2.33 bits per heavy atom. The van der Waals surface area contributed by atoms with Gasteiger partial charge in [-0.15, -0.1) is 0 Å². The third-order valence-electron chi connectivity index (χ3n) is 1.48. The zero-order chi connectivity index (χ0) is 8.97. The van der Waals surface area contributed by atoms with Crippen molar-refractivity contribution in [2.75, 3.05) is 0 Å². The molecule has 0 aromatic heterocycles. The van der Waals surface area contributed by atoms with Crippen molar-refractivity contribution in [2.45, 2.75) is 6.92 Å². The molecule has 3 nitrogen and oxygen atoms in total. The van der Waals surface area contributed by atoms with E-state index >= 15 is 0 Å². The Balaban J connectivity index is 3.14. The first-order chi connectivity index (χ1) is 5.75. The number of carbonyl (C=O) groups is 1. The number of rotatable bonds is 2. The van der Waals surface area contributed by atoms with Crippen molar-refractivity contribution in [3.8, 4) is 0 Å². The van der Waals surface area contributed by atoms with Gasteiger partial charge in [-0.2, -0.15) is 4.79 Å². The van der Waals surface area contributed by atoms with Gasteiger partial charge in [0.1, 0.15) is 0 Å². The molecular weight excluding hydrogens is 152 g/mol. The van der Waals surface area contributed by atoms with Gasteiger partial charge in [0.15, 0.2) is 0 Å². The Morgan fingerprint density at radius 2 is 1.92 bits per heavy atom. The van der Waals surface area contributed by atoms with Crippen molar-refractivity contribution in [1.29, 1.82) is 0 Å². The number of benzene rings is 1. The van der Waals surface area contributed by atoms with Crippen LogP contribution in [0, 0.1) is 0 Å². The summed E-state index contributed by atoms with van der Waals surface area (Å²) in [6.07, 6.45) is 0. The molecule has 0 heterocycles. The van der Waals surface area contributed by atoms with E-state index in [4.69, 9.17) is 5.53 Å². The minimum atomic E-state index is -0.247. The summed E-state index contributed by atoms with van der Waals surface area (Å²) in [6, 6.07) is 8.83. The topological polar surface area (TPSA) is 53.5 Å². The highest BCUT2D eigenvalue weighted by Gasteiger charge is 2.16. The van der Waals surface area contributed by atoms with Gasteiger partial charge in [-0.25, -0.2) is 0 Å². The van der Waals surface area contributed by atoms with Crippen LogP contribution in [0.5, 0.6) is 0 Å². The molecule has 1 aromatic rings. The van der Waals surface area contributed by atoms with Crippen LogP contribution in [0.1, 0.15) is 12.5 Å². The van der Waals surface area contributed by atoms with Gasteiger partial charge in [0.25, 0.3) is 0 Å². The molecule has 1 aromatic carbocycles. The molecule has 0 fully saturated rings. The molecule has 0 bridgehead atoms. The quantitative estimate of drug-likeness (QED) is 0.365. The van der Waals surface area contributed by atoms with Crippen molar-refractivity contribution in [3.63, 3.8) is 0 Å². The molecule has 0 atom stereocenters. The van der Waals surface area contributed by atoms with Crippen LogP contribution < -0.4 is 0 Å². The summed E-state index contributed by atoms with van der Waals surface area (Å²) < 4.78 is 0. The molecular formula is C9H8N2O. The summed E-state index contributed by atoms with van der Waals surface area (Å²) in [5, 5.41) is 0. The molecule has 60 valence electrons. The number of Topliss-reactive ketones (excluding diaryl/α,β-unsaturated/α-hetero) is 1. The highest BCUT2D eigenvalue weighted by Crippen LogP contribution is 1.99. The normalized spacial score (nSPS) is 8.75. The Labute approximate surface area is 70.3 Å². The average molecular weight is 160 g/mol. The van der Waals surface area contributed by atoms with Gasteiger partial charge in [0.2, 0.25) is 5.78 Å². The predicted molar refractivity (Wildman–Crippen MR) is 44.9 cm³/mol. The number of hydrogen-bond acceptors (Lipinski definition) is 1. The summed E-state index contributed by atoms with van der Waals surface area (Å²) in [5.41, 5.74) is 9.24. The van der Waals surface area contributed by atoms with E-state index < -0.39 is 0 Å². The fourth-order valence-corrected chi connectivity index (χ4v) is 0.927. The maximum Gasteiger partial charge on any atom is 0.364 e. The highest BCUT2D eigenvalue weighted by atomic mass is 16.1. The molecule has 0 aliphatic rings. The van der Waals surface area contributed by atoms with Crippen LogP contribution in [0.3, 0.4) is 0 Å². The Hall–Kier alpha value is -1.73. The van der Waals surface area contributed by atoms with Gasteiger partial charge >= 0.3 is 5.71 Å². The molecule has 0 amide bonds. The van der Waals surface area contributed by atoms with E-state index in [2.05, 4.69) is 4.79 Å². The minimum Gasteiger partial charge on any atom is -0.361 e. The van der Waals surface area contributed by atoms with Crippen LogP contribution >= 0.6 is 0 Å². The third kappa shape index (κ3) is 1.65. The molecule has 1 rings (SSSR count). The summed E-state index contributed by atoms with van der Waals surface area (Å²) in [5.74, 6) is -0.247. The van der Waals surface area contributed by atoms with Crippen LogP contribution in [-0.2, 0) is 4.79 Å². The predicted octanol–water partition coefficient (Wildman–Crippen LogP) is 1.29. The molecule has 0 radical (unpaired) electrons. The summed E-state index contributed by atoms with van der Waals surface area (Å²) >= 11 is 0. The molecule has 0 N–H and O–H groups in total. The average Bonchev–Trinajstić information content (AvgIpc) is 2.07. The molecule has 0 aliphatic heterocycles. The second-order valence-electron chi connectivity index (χ2n) is 2.37. The second kappa shape index (κ2) is 3.60. The number of carbonyl (C=O) groups excluding carboxylic acids is 1. The molecule has 0 aliphatic carbocycles. The standard InChI is InChI=1S/C9H8N2O/c1-7(12)9(11-10)8-5-3-2-4-6-8/h2-6H,1H3. The lowest BCUT2D eigenvalue weighted by Crippen LogP contribution is -2.12. The van der Waals surface area contributed by atoms with E-state index in [9.17, 15) is 4.79 Å². The van der Waals surface area contributed by atoms with Crippen molar-refractivity contribution >= 4 is 11.5 Å². The lowest BCUT2D eigenvalue weighted by molar-refractivity contribution is -0.115. The second-order valence-corrected chi connectivity index (χ2v) is 2.37. The highest BCUT2D eigenvalue weighted by molar-refractivity contribution is 6.43. The van der Waals surface area contributed by atoms with Crippen molar-refractivity contribution in [2.24, 2.45) is 0 Å². The van der Waals surface area contributed by atoms with E-state index in [0.717, 1.165) is 0 Å².